The van der Waals surface area contributed by atoms with E-state index >= 15 is 0 Å². The molecule has 1 unspecified atom stereocenters. The summed E-state index contributed by atoms with van der Waals surface area (Å²) in [4.78, 5) is 5.92. The summed E-state index contributed by atoms with van der Waals surface area (Å²) in [5.41, 5.74) is 7.49. The van der Waals surface area contributed by atoms with Gasteiger partial charge in [0.1, 0.15) is 6.23 Å². The fourth-order valence-electron chi connectivity index (χ4n) is 3.26. The largest absolute Gasteiger partial charge is 0.416 e. The van der Waals surface area contributed by atoms with E-state index in [0.29, 0.717) is 11.2 Å². The van der Waals surface area contributed by atoms with E-state index < -0.39 is 18.0 Å². The molecule has 0 saturated heterocycles. The minimum atomic E-state index is -4.45. The molecule has 30 heavy (non-hydrogen) atoms. The van der Waals surface area contributed by atoms with Crippen LogP contribution in [0.15, 0.2) is 54.9 Å². The highest BCUT2D eigenvalue weighted by molar-refractivity contribution is 6.31. The van der Waals surface area contributed by atoms with Crippen LogP contribution < -0.4 is 5.73 Å². The zero-order valence-corrected chi connectivity index (χ0v) is 16.5. The lowest BCUT2D eigenvalue weighted by Crippen LogP contribution is -2.32. The normalized spacial score (nSPS) is 16.9. The number of hydrogen-bond acceptors (Lipinski definition) is 5. The van der Waals surface area contributed by atoms with Gasteiger partial charge in [0, 0.05) is 31.1 Å². The van der Waals surface area contributed by atoms with Gasteiger partial charge in [0.15, 0.2) is 5.65 Å². The highest BCUT2D eigenvalue weighted by Crippen LogP contribution is 2.33. The number of nitrogens with zero attached hydrogens (tertiary/aromatic N) is 4. The third kappa shape index (κ3) is 3.99. The minimum Gasteiger partial charge on any atom is -0.366 e. The van der Waals surface area contributed by atoms with Gasteiger partial charge in [0.25, 0.3) is 0 Å². The molecular weight excluding hydrogens is 419 g/mol. The molecule has 0 bridgehead atoms. The molecule has 1 aliphatic heterocycles. The second-order valence-corrected chi connectivity index (χ2v) is 7.14. The summed E-state index contributed by atoms with van der Waals surface area (Å²) in [7, 11) is 1.53. The van der Waals surface area contributed by atoms with Crippen LogP contribution in [-0.2, 0) is 17.5 Å². The number of nitrogen functional groups attached to an aromatic ring is 1. The quantitative estimate of drug-likeness (QED) is 0.659. The standard InChI is InChI=1S/C20H17ClF3N5O/c1-30-18-5-2-13(12-6-7-29-17(9-12)26-19(25)27-29)10-28(18)11-14-8-15(20(22,23)24)3-4-16(14)21/h2-10,18H,11H2,1H3,(H2,25,27). The van der Waals surface area contributed by atoms with Crippen LogP contribution in [0.5, 0.6) is 0 Å². The fourth-order valence-corrected chi connectivity index (χ4v) is 3.44. The summed E-state index contributed by atoms with van der Waals surface area (Å²) < 4.78 is 46.3. The van der Waals surface area contributed by atoms with Crippen molar-refractivity contribution in [1.82, 2.24) is 19.5 Å². The van der Waals surface area contributed by atoms with Crippen molar-refractivity contribution in [2.75, 3.05) is 12.8 Å². The molecule has 0 amide bonds. The maximum absolute atomic E-state index is 13.1. The van der Waals surface area contributed by atoms with Crippen molar-refractivity contribution < 1.29 is 17.9 Å². The van der Waals surface area contributed by atoms with Gasteiger partial charge in [-0.1, -0.05) is 17.7 Å². The second kappa shape index (κ2) is 7.66. The van der Waals surface area contributed by atoms with Gasteiger partial charge in [0.2, 0.25) is 5.95 Å². The highest BCUT2D eigenvalue weighted by atomic mass is 35.5. The monoisotopic (exact) mass is 435 g/mol. The van der Waals surface area contributed by atoms with Crippen LogP contribution in [0, 0.1) is 0 Å². The lowest BCUT2D eigenvalue weighted by molar-refractivity contribution is -0.137. The van der Waals surface area contributed by atoms with Crippen LogP contribution in [0.25, 0.3) is 11.2 Å². The Morgan fingerprint density at radius 3 is 2.77 bits per heavy atom. The third-order valence-electron chi connectivity index (χ3n) is 4.73. The van der Waals surface area contributed by atoms with Gasteiger partial charge in [-0.2, -0.15) is 18.2 Å². The molecule has 0 aliphatic carbocycles. The molecule has 4 rings (SSSR count). The SMILES string of the molecule is COC1C=CC(c2ccn3nc(N)nc3c2)=CN1Cc1cc(C(F)(F)F)ccc1Cl. The number of hydrogen-bond donors (Lipinski definition) is 1. The number of anilines is 1. The first-order valence-electron chi connectivity index (χ1n) is 8.91. The molecule has 1 aliphatic rings. The first kappa shape index (κ1) is 20.2. The second-order valence-electron chi connectivity index (χ2n) is 6.73. The van der Waals surface area contributed by atoms with Crippen LogP contribution in [0.2, 0.25) is 5.02 Å². The molecule has 3 heterocycles. The fraction of sp³-hybridized carbons (Fsp3) is 0.200. The molecular formula is C20H17ClF3N5O. The Balaban J connectivity index is 1.67. The number of aromatic nitrogens is 3. The zero-order valence-electron chi connectivity index (χ0n) is 15.8. The van der Waals surface area contributed by atoms with Crippen molar-refractivity contribution in [3.63, 3.8) is 0 Å². The smallest absolute Gasteiger partial charge is 0.366 e. The van der Waals surface area contributed by atoms with Crippen molar-refractivity contribution in [3.05, 3.63) is 76.6 Å². The van der Waals surface area contributed by atoms with Gasteiger partial charge >= 0.3 is 6.18 Å². The van der Waals surface area contributed by atoms with Gasteiger partial charge in [-0.05, 0) is 53.1 Å². The number of benzene rings is 1. The average molecular weight is 436 g/mol. The van der Waals surface area contributed by atoms with E-state index in [9.17, 15) is 13.2 Å². The summed E-state index contributed by atoms with van der Waals surface area (Å²) >= 11 is 6.17. The molecule has 0 radical (unpaired) electrons. The summed E-state index contributed by atoms with van der Waals surface area (Å²) in [6.45, 7) is 0.134. The van der Waals surface area contributed by atoms with E-state index in [0.717, 1.165) is 23.3 Å². The Morgan fingerprint density at radius 2 is 2.03 bits per heavy atom. The first-order valence-corrected chi connectivity index (χ1v) is 9.29. The molecule has 2 N–H and O–H groups in total. The number of alkyl halides is 3. The molecule has 1 aromatic carbocycles. The molecule has 0 fully saturated rings. The van der Waals surface area contributed by atoms with Gasteiger partial charge < -0.3 is 15.4 Å². The number of pyridine rings is 1. The minimum absolute atomic E-state index is 0.134. The highest BCUT2D eigenvalue weighted by Gasteiger charge is 2.31. The molecule has 2 aromatic heterocycles. The van der Waals surface area contributed by atoms with E-state index in [-0.39, 0.29) is 17.5 Å². The van der Waals surface area contributed by atoms with Crippen molar-refractivity contribution in [2.45, 2.75) is 18.9 Å². The van der Waals surface area contributed by atoms with E-state index in [2.05, 4.69) is 10.1 Å². The number of halogens is 4. The molecule has 0 saturated carbocycles. The van der Waals surface area contributed by atoms with Crippen molar-refractivity contribution in [3.8, 4) is 0 Å². The van der Waals surface area contributed by atoms with Crippen LogP contribution in [0.4, 0.5) is 19.1 Å². The Hall–Kier alpha value is -3.04. The number of rotatable bonds is 4. The lowest BCUT2D eigenvalue weighted by Gasteiger charge is -2.31. The number of methoxy groups -OCH3 is 1. The van der Waals surface area contributed by atoms with E-state index in [1.807, 2.05) is 30.5 Å². The van der Waals surface area contributed by atoms with Crippen LogP contribution >= 0.6 is 11.6 Å². The van der Waals surface area contributed by atoms with Crippen LogP contribution in [0.1, 0.15) is 16.7 Å². The number of ether oxygens (including phenoxy) is 1. The zero-order chi connectivity index (χ0) is 21.5. The van der Waals surface area contributed by atoms with E-state index in [1.54, 1.807) is 15.6 Å². The Morgan fingerprint density at radius 1 is 1.23 bits per heavy atom. The van der Waals surface area contributed by atoms with E-state index in [1.165, 1.54) is 13.2 Å². The van der Waals surface area contributed by atoms with Gasteiger partial charge in [-0.15, -0.1) is 5.10 Å². The van der Waals surface area contributed by atoms with Crippen molar-refractivity contribution >= 4 is 28.8 Å². The Bertz CT molecular complexity index is 1160. The van der Waals surface area contributed by atoms with Crippen LogP contribution in [0.3, 0.4) is 0 Å². The summed E-state index contributed by atoms with van der Waals surface area (Å²) in [6, 6.07) is 6.96. The van der Waals surface area contributed by atoms with Crippen molar-refractivity contribution in [2.24, 2.45) is 0 Å². The van der Waals surface area contributed by atoms with Gasteiger partial charge in [0.05, 0.1) is 5.56 Å². The van der Waals surface area contributed by atoms with Crippen molar-refractivity contribution in [1.29, 1.82) is 0 Å². The third-order valence-corrected chi connectivity index (χ3v) is 5.10. The summed E-state index contributed by atoms with van der Waals surface area (Å²) in [5.74, 6) is 0.167. The number of allylic oxidation sites excluding steroid dienone is 2. The molecule has 156 valence electrons. The summed E-state index contributed by atoms with van der Waals surface area (Å²) in [6.07, 6.45) is 2.35. The predicted molar refractivity (Wildman–Crippen MR) is 107 cm³/mol. The van der Waals surface area contributed by atoms with Gasteiger partial charge in [-0.3, -0.25) is 0 Å². The first-order chi connectivity index (χ1) is 14.2. The maximum atomic E-state index is 13.1. The van der Waals surface area contributed by atoms with Gasteiger partial charge in [-0.25, -0.2) is 4.52 Å². The average Bonchev–Trinajstić information content (AvgIpc) is 3.08. The molecule has 6 nitrogen and oxygen atoms in total. The Labute approximate surface area is 175 Å². The molecule has 3 aromatic rings. The topological polar surface area (TPSA) is 68.7 Å². The van der Waals surface area contributed by atoms with E-state index in [4.69, 9.17) is 22.1 Å². The summed E-state index contributed by atoms with van der Waals surface area (Å²) in [5, 5.41) is 4.29. The van der Waals surface area contributed by atoms with Crippen LogP contribution in [-0.4, -0.2) is 32.8 Å². The molecule has 1 atom stereocenters. The number of fused-ring (bicyclic) bond motifs is 1. The predicted octanol–water partition coefficient (Wildman–Crippen LogP) is 4.37. The number of nitrogens with two attached hydrogens (primary N) is 1. The molecule has 10 heteroatoms. The molecule has 0 spiro atoms. The Kier molecular flexibility index (Phi) is 5.17. The lowest BCUT2D eigenvalue weighted by atomic mass is 10.0. The maximum Gasteiger partial charge on any atom is 0.416 e.